The zero-order valence-electron chi connectivity index (χ0n) is 11.3. The minimum atomic E-state index is 0.124. The first-order valence-corrected chi connectivity index (χ1v) is 6.77. The highest BCUT2D eigenvalue weighted by atomic mass is 16.1. The summed E-state index contributed by atoms with van der Waals surface area (Å²) in [5, 5.41) is 1.25. The van der Waals surface area contributed by atoms with Crippen LogP contribution in [0.5, 0.6) is 0 Å². The second-order valence-electron chi connectivity index (χ2n) is 5.62. The van der Waals surface area contributed by atoms with E-state index in [1.807, 2.05) is 0 Å². The summed E-state index contributed by atoms with van der Waals surface area (Å²) in [6.45, 7) is 6.51. The van der Waals surface area contributed by atoms with Gasteiger partial charge in [0.25, 0.3) is 5.56 Å². The summed E-state index contributed by atoms with van der Waals surface area (Å²) in [6.07, 6.45) is 3.10. The molecule has 94 valence electrons. The second kappa shape index (κ2) is 3.98. The van der Waals surface area contributed by atoms with Crippen molar-refractivity contribution < 1.29 is 0 Å². The summed E-state index contributed by atoms with van der Waals surface area (Å²) in [4.78, 5) is 15.2. The molecule has 0 saturated heterocycles. The molecular formula is C16H19NO. The molecule has 0 fully saturated rings. The number of fused-ring (bicyclic) bond motifs is 3. The third kappa shape index (κ3) is 1.52. The maximum Gasteiger partial charge on any atom is 0.251 e. The Morgan fingerprint density at radius 2 is 1.89 bits per heavy atom. The summed E-state index contributed by atoms with van der Waals surface area (Å²) < 4.78 is 0. The number of aromatic nitrogens is 1. The Kier molecular flexibility index (Phi) is 2.54. The van der Waals surface area contributed by atoms with Crippen molar-refractivity contribution in [3.63, 3.8) is 0 Å². The number of nitrogens with one attached hydrogen (secondary N) is 1. The van der Waals surface area contributed by atoms with Crippen molar-refractivity contribution in [2.75, 3.05) is 0 Å². The van der Waals surface area contributed by atoms with Crippen LogP contribution in [0.15, 0.2) is 16.9 Å². The lowest BCUT2D eigenvalue weighted by molar-refractivity contribution is 0.858. The average Bonchev–Trinajstić information content (AvgIpc) is 2.80. The van der Waals surface area contributed by atoms with Gasteiger partial charge in [-0.15, -0.1) is 0 Å². The predicted molar refractivity (Wildman–Crippen MR) is 75.4 cm³/mol. The Bertz CT molecular complexity index is 680. The van der Waals surface area contributed by atoms with Gasteiger partial charge in [0.15, 0.2) is 0 Å². The van der Waals surface area contributed by atoms with E-state index in [-0.39, 0.29) is 5.56 Å². The smallest absolute Gasteiger partial charge is 0.251 e. The molecule has 0 amide bonds. The molecule has 2 aromatic rings. The first kappa shape index (κ1) is 11.5. The maximum absolute atomic E-state index is 12.1. The number of hydrogen-bond donors (Lipinski definition) is 1. The van der Waals surface area contributed by atoms with Crippen LogP contribution in [0, 0.1) is 6.92 Å². The Morgan fingerprint density at radius 1 is 1.17 bits per heavy atom. The Labute approximate surface area is 107 Å². The van der Waals surface area contributed by atoms with Crippen LogP contribution in [0.4, 0.5) is 0 Å². The highest BCUT2D eigenvalue weighted by molar-refractivity contribution is 5.87. The van der Waals surface area contributed by atoms with Crippen molar-refractivity contribution in [1.29, 1.82) is 0 Å². The molecule has 3 rings (SSSR count). The maximum atomic E-state index is 12.1. The van der Waals surface area contributed by atoms with Gasteiger partial charge in [-0.3, -0.25) is 4.79 Å². The van der Waals surface area contributed by atoms with Gasteiger partial charge >= 0.3 is 0 Å². The lowest BCUT2D eigenvalue weighted by atomic mass is 9.93. The second-order valence-corrected chi connectivity index (χ2v) is 5.62. The van der Waals surface area contributed by atoms with Crippen LogP contribution in [0.25, 0.3) is 10.9 Å². The van der Waals surface area contributed by atoms with Gasteiger partial charge in [0, 0.05) is 10.9 Å². The molecule has 1 aliphatic rings. The molecular weight excluding hydrogens is 222 g/mol. The summed E-state index contributed by atoms with van der Waals surface area (Å²) in [7, 11) is 0. The lowest BCUT2D eigenvalue weighted by Gasteiger charge is -2.14. The van der Waals surface area contributed by atoms with Gasteiger partial charge in [-0.2, -0.15) is 0 Å². The van der Waals surface area contributed by atoms with E-state index in [0.29, 0.717) is 5.92 Å². The zero-order valence-corrected chi connectivity index (χ0v) is 11.3. The van der Waals surface area contributed by atoms with Crippen molar-refractivity contribution in [2.24, 2.45) is 0 Å². The number of aryl methyl sites for hydroxylation is 2. The van der Waals surface area contributed by atoms with Crippen LogP contribution in [0.1, 0.15) is 48.4 Å². The molecule has 0 atom stereocenters. The minimum Gasteiger partial charge on any atom is -0.321 e. The molecule has 0 radical (unpaired) electrons. The van der Waals surface area contributed by atoms with Crippen molar-refractivity contribution >= 4 is 10.9 Å². The van der Waals surface area contributed by atoms with E-state index >= 15 is 0 Å². The van der Waals surface area contributed by atoms with Crippen LogP contribution in [-0.2, 0) is 12.8 Å². The first-order chi connectivity index (χ1) is 8.59. The monoisotopic (exact) mass is 241 g/mol. The Morgan fingerprint density at radius 3 is 2.61 bits per heavy atom. The normalized spacial score (nSPS) is 14.4. The fourth-order valence-electron chi connectivity index (χ4n) is 3.25. The number of rotatable bonds is 1. The SMILES string of the molecule is Cc1c(C(C)C)ccc2c3c(c(=O)[nH]c12)CCC3. The van der Waals surface area contributed by atoms with Crippen LogP contribution in [-0.4, -0.2) is 4.98 Å². The van der Waals surface area contributed by atoms with Crippen LogP contribution >= 0.6 is 0 Å². The molecule has 1 heterocycles. The molecule has 2 heteroatoms. The highest BCUT2D eigenvalue weighted by Gasteiger charge is 2.19. The molecule has 0 spiro atoms. The van der Waals surface area contributed by atoms with Crippen molar-refractivity contribution in [3.05, 3.63) is 44.7 Å². The van der Waals surface area contributed by atoms with E-state index in [1.54, 1.807) is 0 Å². The number of hydrogen-bond acceptors (Lipinski definition) is 1. The summed E-state index contributed by atoms with van der Waals surface area (Å²) in [5.41, 5.74) is 6.03. The Balaban J connectivity index is 2.41. The van der Waals surface area contributed by atoms with Gasteiger partial charge in [0.2, 0.25) is 0 Å². The topological polar surface area (TPSA) is 32.9 Å². The third-order valence-electron chi connectivity index (χ3n) is 4.18. The van der Waals surface area contributed by atoms with E-state index < -0.39 is 0 Å². The van der Waals surface area contributed by atoms with Gasteiger partial charge in [0.05, 0.1) is 5.52 Å². The largest absolute Gasteiger partial charge is 0.321 e. The quantitative estimate of drug-likeness (QED) is 0.815. The molecule has 1 aromatic carbocycles. The fraction of sp³-hybridized carbons (Fsp3) is 0.438. The molecule has 2 nitrogen and oxygen atoms in total. The van der Waals surface area contributed by atoms with Gasteiger partial charge in [-0.1, -0.05) is 26.0 Å². The zero-order chi connectivity index (χ0) is 12.9. The molecule has 1 aliphatic carbocycles. The highest BCUT2D eigenvalue weighted by Crippen LogP contribution is 2.31. The van der Waals surface area contributed by atoms with Gasteiger partial charge in [0.1, 0.15) is 0 Å². The molecule has 0 bridgehead atoms. The van der Waals surface area contributed by atoms with Gasteiger partial charge in [-0.05, 0) is 48.8 Å². The fourth-order valence-corrected chi connectivity index (χ4v) is 3.25. The van der Waals surface area contributed by atoms with Crippen LogP contribution in [0.3, 0.4) is 0 Å². The van der Waals surface area contributed by atoms with Gasteiger partial charge in [-0.25, -0.2) is 0 Å². The molecule has 0 aliphatic heterocycles. The standard InChI is InChI=1S/C16H19NO/c1-9(2)11-7-8-13-12-5-4-6-14(12)16(18)17-15(13)10(11)3/h7-9H,4-6H2,1-3H3,(H,17,18). The van der Waals surface area contributed by atoms with Crippen molar-refractivity contribution in [1.82, 2.24) is 4.98 Å². The van der Waals surface area contributed by atoms with Crippen LogP contribution < -0.4 is 5.56 Å². The van der Waals surface area contributed by atoms with E-state index in [0.717, 1.165) is 30.3 Å². The number of pyridine rings is 1. The summed E-state index contributed by atoms with van der Waals surface area (Å²) in [6, 6.07) is 4.41. The lowest BCUT2D eigenvalue weighted by Crippen LogP contribution is -2.13. The van der Waals surface area contributed by atoms with Crippen molar-refractivity contribution in [3.8, 4) is 0 Å². The molecule has 0 saturated carbocycles. The third-order valence-corrected chi connectivity index (χ3v) is 4.18. The van der Waals surface area contributed by atoms with E-state index in [4.69, 9.17) is 0 Å². The van der Waals surface area contributed by atoms with E-state index in [1.165, 1.54) is 22.1 Å². The Hall–Kier alpha value is -1.57. The van der Waals surface area contributed by atoms with Crippen molar-refractivity contribution in [2.45, 2.75) is 46.0 Å². The van der Waals surface area contributed by atoms with E-state index in [2.05, 4.69) is 37.9 Å². The van der Waals surface area contributed by atoms with Crippen LogP contribution in [0.2, 0.25) is 0 Å². The molecule has 1 N–H and O–H groups in total. The number of benzene rings is 1. The molecule has 18 heavy (non-hydrogen) atoms. The number of aromatic amines is 1. The molecule has 0 unspecified atom stereocenters. The summed E-state index contributed by atoms with van der Waals surface area (Å²) in [5.74, 6) is 0.492. The average molecular weight is 241 g/mol. The summed E-state index contributed by atoms with van der Waals surface area (Å²) >= 11 is 0. The van der Waals surface area contributed by atoms with Gasteiger partial charge < -0.3 is 4.98 Å². The molecule has 1 aromatic heterocycles. The predicted octanol–water partition coefficient (Wildman–Crippen LogP) is 3.45. The minimum absolute atomic E-state index is 0.124. The number of H-pyrrole nitrogens is 1. The van der Waals surface area contributed by atoms with E-state index in [9.17, 15) is 4.79 Å². The first-order valence-electron chi connectivity index (χ1n) is 6.77.